The molecule has 1 aliphatic rings. The topological polar surface area (TPSA) is 75.2 Å². The number of rotatable bonds is 5. The largest absolute Gasteiger partial charge is 0.573 e. The van der Waals surface area contributed by atoms with Gasteiger partial charge in [-0.1, -0.05) is 48.2 Å². The number of amidine groups is 1. The highest BCUT2D eigenvalue weighted by atomic mass is 32.2. The van der Waals surface area contributed by atoms with Crippen LogP contribution in [0.2, 0.25) is 0 Å². The fraction of sp³-hybridized carbons (Fsp3) is 0.194. The average Bonchev–Trinajstić information content (AvgIpc) is 3.49. The Labute approximate surface area is 244 Å². The summed E-state index contributed by atoms with van der Waals surface area (Å²) >= 11 is 1.46. The molecule has 2 heterocycles. The lowest BCUT2D eigenvalue weighted by molar-refractivity contribution is -0.274. The number of fused-ring (bicyclic) bond motifs is 3. The van der Waals surface area contributed by atoms with Crippen molar-refractivity contribution in [1.82, 2.24) is 9.55 Å². The Morgan fingerprint density at radius 1 is 1.02 bits per heavy atom. The fourth-order valence-electron chi connectivity index (χ4n) is 5.17. The summed E-state index contributed by atoms with van der Waals surface area (Å²) in [6.07, 6.45) is -1.42. The van der Waals surface area contributed by atoms with Crippen molar-refractivity contribution in [2.24, 2.45) is 10.2 Å². The molecule has 1 saturated heterocycles. The Balaban J connectivity index is 1.27. The van der Waals surface area contributed by atoms with Crippen LogP contribution in [0.5, 0.6) is 5.75 Å². The Morgan fingerprint density at radius 3 is 2.48 bits per heavy atom. The molecule has 6 rings (SSSR count). The van der Waals surface area contributed by atoms with Gasteiger partial charge in [0.1, 0.15) is 12.1 Å². The van der Waals surface area contributed by atoms with Crippen LogP contribution in [0.4, 0.5) is 18.9 Å². The summed E-state index contributed by atoms with van der Waals surface area (Å²) in [6, 6.07) is 21.4. The predicted molar refractivity (Wildman–Crippen MR) is 162 cm³/mol. The summed E-state index contributed by atoms with van der Waals surface area (Å²) in [5.41, 5.74) is 5.02. The number of aliphatic hydroxyl groups is 1. The van der Waals surface area contributed by atoms with Crippen molar-refractivity contribution in [3.05, 3.63) is 95.8 Å². The van der Waals surface area contributed by atoms with E-state index in [0.29, 0.717) is 16.6 Å². The molecule has 0 spiro atoms. The molecule has 1 fully saturated rings. The first-order chi connectivity index (χ1) is 20.0. The molecule has 0 aliphatic carbocycles. The summed E-state index contributed by atoms with van der Waals surface area (Å²) in [7, 11) is 0. The second-order valence-electron chi connectivity index (χ2n) is 10.3. The van der Waals surface area contributed by atoms with Gasteiger partial charge in [0.15, 0.2) is 10.9 Å². The molecular formula is C31H26F3N5O2S. The van der Waals surface area contributed by atoms with Crippen LogP contribution in [0.1, 0.15) is 23.6 Å². The molecule has 0 saturated carbocycles. The highest BCUT2D eigenvalue weighted by Crippen LogP contribution is 2.39. The maximum Gasteiger partial charge on any atom is 0.573 e. The molecule has 0 bridgehead atoms. The molecule has 42 heavy (non-hydrogen) atoms. The Bertz CT molecular complexity index is 1840. The minimum Gasteiger partial charge on any atom is -0.406 e. The van der Waals surface area contributed by atoms with Crippen LogP contribution < -0.4 is 9.64 Å². The molecule has 214 valence electrons. The Morgan fingerprint density at radius 2 is 1.76 bits per heavy atom. The van der Waals surface area contributed by atoms with Crippen LogP contribution in [0, 0.1) is 13.8 Å². The van der Waals surface area contributed by atoms with Crippen molar-refractivity contribution in [1.29, 1.82) is 0 Å². The Kier molecular flexibility index (Phi) is 6.94. The number of halogens is 3. The van der Waals surface area contributed by atoms with Gasteiger partial charge in [-0.25, -0.2) is 4.98 Å². The molecule has 1 aliphatic heterocycles. The summed E-state index contributed by atoms with van der Waals surface area (Å²) in [5, 5.41) is 22.4. The number of anilines is 1. The number of thioether (sulfide) groups is 1. The van der Waals surface area contributed by atoms with E-state index in [9.17, 15) is 18.3 Å². The number of alkyl halides is 3. The zero-order chi connectivity index (χ0) is 29.6. The van der Waals surface area contributed by atoms with Crippen molar-refractivity contribution < 1.29 is 23.0 Å². The molecule has 1 aromatic heterocycles. The number of benzene rings is 4. The van der Waals surface area contributed by atoms with Crippen molar-refractivity contribution in [3.63, 3.8) is 0 Å². The lowest BCUT2D eigenvalue weighted by Crippen LogP contribution is -2.45. The lowest BCUT2D eigenvalue weighted by Gasteiger charge is -2.32. The highest BCUT2D eigenvalue weighted by molar-refractivity contribution is 8.14. The van der Waals surface area contributed by atoms with Crippen LogP contribution in [0.25, 0.3) is 27.5 Å². The average molecular weight is 590 g/mol. The standard InChI is InChI=1S/C31H26F3N5O2S/c1-19-5-4-6-20(2)28(19)39-29(42-17-30(39,3)40)37-36-16-21-7-13-25-22(15-21)8-14-26-27(25)35-18-38(26)23-9-11-24(12-10-23)41-31(32,33)34/h4-16,18,40H,17H2,1-3H3. The number of ether oxygens (including phenoxy) is 1. The second-order valence-corrected chi connectivity index (χ2v) is 11.2. The zero-order valence-electron chi connectivity index (χ0n) is 22.9. The summed E-state index contributed by atoms with van der Waals surface area (Å²) in [5.74, 6) is 0.189. The van der Waals surface area contributed by atoms with E-state index in [1.54, 1.807) is 31.6 Å². The molecule has 5 aromatic rings. The lowest BCUT2D eigenvalue weighted by atomic mass is 10.1. The van der Waals surface area contributed by atoms with Gasteiger partial charge in [-0.3, -0.25) is 9.47 Å². The van der Waals surface area contributed by atoms with Crippen LogP contribution in [0.15, 0.2) is 89.3 Å². The molecule has 4 aromatic carbocycles. The molecular weight excluding hydrogens is 563 g/mol. The molecule has 7 nitrogen and oxygen atoms in total. The van der Waals surface area contributed by atoms with Crippen LogP contribution >= 0.6 is 11.8 Å². The molecule has 1 unspecified atom stereocenters. The van der Waals surface area contributed by atoms with Crippen molar-refractivity contribution >= 4 is 50.6 Å². The third kappa shape index (κ3) is 5.33. The van der Waals surface area contributed by atoms with Gasteiger partial charge in [0.25, 0.3) is 0 Å². The highest BCUT2D eigenvalue weighted by Gasteiger charge is 2.41. The van der Waals surface area contributed by atoms with E-state index in [4.69, 9.17) is 0 Å². The number of hydrogen-bond acceptors (Lipinski definition) is 6. The summed E-state index contributed by atoms with van der Waals surface area (Å²) in [4.78, 5) is 6.43. The van der Waals surface area contributed by atoms with Gasteiger partial charge in [-0.15, -0.1) is 18.3 Å². The number of imidazole rings is 1. The summed E-state index contributed by atoms with van der Waals surface area (Å²) in [6.45, 7) is 5.81. The maximum atomic E-state index is 12.5. The predicted octanol–water partition coefficient (Wildman–Crippen LogP) is 7.35. The van der Waals surface area contributed by atoms with E-state index in [1.165, 1.54) is 23.9 Å². The number of para-hydroxylation sites is 1. The third-order valence-corrected chi connectivity index (χ3v) is 8.28. The monoisotopic (exact) mass is 589 g/mol. The molecule has 1 N–H and O–H groups in total. The number of aryl methyl sites for hydroxylation is 2. The first-order valence-corrected chi connectivity index (χ1v) is 14.1. The number of nitrogens with zero attached hydrogens (tertiary/aromatic N) is 5. The van der Waals surface area contributed by atoms with Gasteiger partial charge in [-0.05, 0) is 79.2 Å². The minimum atomic E-state index is -4.74. The number of aromatic nitrogens is 2. The first kappa shape index (κ1) is 27.8. The van der Waals surface area contributed by atoms with E-state index in [0.717, 1.165) is 44.2 Å². The van der Waals surface area contributed by atoms with E-state index in [-0.39, 0.29) is 5.75 Å². The third-order valence-electron chi connectivity index (χ3n) is 7.07. The minimum absolute atomic E-state index is 0.282. The smallest absolute Gasteiger partial charge is 0.406 e. The molecule has 11 heteroatoms. The van der Waals surface area contributed by atoms with Gasteiger partial charge in [-0.2, -0.15) is 5.10 Å². The van der Waals surface area contributed by atoms with Gasteiger partial charge >= 0.3 is 6.36 Å². The van der Waals surface area contributed by atoms with Crippen molar-refractivity contribution in [2.45, 2.75) is 32.9 Å². The van der Waals surface area contributed by atoms with Crippen LogP contribution in [0.3, 0.4) is 0 Å². The normalized spacial score (nSPS) is 18.6. The van der Waals surface area contributed by atoms with E-state index < -0.39 is 12.1 Å². The van der Waals surface area contributed by atoms with Crippen molar-refractivity contribution in [2.75, 3.05) is 10.7 Å². The SMILES string of the molecule is Cc1cccc(C)c1N1C(=NN=Cc2ccc3c(ccc4c3ncn4-c3ccc(OC(F)(F)F)cc3)c2)SCC1(C)O. The maximum absolute atomic E-state index is 12.5. The van der Waals surface area contributed by atoms with Crippen LogP contribution in [-0.4, -0.2) is 43.9 Å². The van der Waals surface area contributed by atoms with Gasteiger partial charge in [0.05, 0.1) is 22.9 Å². The van der Waals surface area contributed by atoms with E-state index in [2.05, 4.69) is 19.9 Å². The zero-order valence-corrected chi connectivity index (χ0v) is 23.7. The molecule has 0 amide bonds. The first-order valence-electron chi connectivity index (χ1n) is 13.1. The van der Waals surface area contributed by atoms with Crippen LogP contribution in [-0.2, 0) is 0 Å². The number of hydrogen-bond donors (Lipinski definition) is 1. The fourth-order valence-corrected chi connectivity index (χ4v) is 6.23. The van der Waals surface area contributed by atoms with E-state index >= 15 is 0 Å². The van der Waals surface area contributed by atoms with Crippen molar-refractivity contribution in [3.8, 4) is 11.4 Å². The molecule has 1 atom stereocenters. The summed E-state index contributed by atoms with van der Waals surface area (Å²) < 4.78 is 43.3. The van der Waals surface area contributed by atoms with Gasteiger partial charge < -0.3 is 9.84 Å². The second kappa shape index (κ2) is 10.5. The van der Waals surface area contributed by atoms with E-state index in [1.807, 2.05) is 71.8 Å². The van der Waals surface area contributed by atoms with Gasteiger partial charge in [0, 0.05) is 16.8 Å². The Hall–Kier alpha value is -4.35. The van der Waals surface area contributed by atoms with Gasteiger partial charge in [0.2, 0.25) is 0 Å². The molecule has 0 radical (unpaired) electrons. The quantitative estimate of drug-likeness (QED) is 0.171.